The number of hydrogen-bond acceptors (Lipinski definition) is 9. The Balaban J connectivity index is 1.68. The molecule has 0 spiro atoms. The van der Waals surface area contributed by atoms with Gasteiger partial charge in [-0.05, 0) is 109 Å². The van der Waals surface area contributed by atoms with Crippen LogP contribution in [0, 0.1) is 11.3 Å². The highest BCUT2D eigenvalue weighted by atomic mass is 16.4. The molecular formula is C47H70N10O7. The highest BCUT2D eigenvalue weighted by molar-refractivity contribution is 6.03. The van der Waals surface area contributed by atoms with Gasteiger partial charge in [0.25, 0.3) is 0 Å². The largest absolute Gasteiger partial charge is 0.480 e. The quantitative estimate of drug-likeness (QED) is 0.0289. The van der Waals surface area contributed by atoms with Crippen LogP contribution in [0.2, 0.25) is 0 Å². The van der Waals surface area contributed by atoms with E-state index < -0.39 is 71.3 Å². The van der Waals surface area contributed by atoms with E-state index in [1.165, 1.54) is 4.90 Å². The molecule has 4 rings (SSSR count). The van der Waals surface area contributed by atoms with Crippen LogP contribution in [-0.4, -0.2) is 114 Å². The van der Waals surface area contributed by atoms with E-state index in [0.29, 0.717) is 58.0 Å². The van der Waals surface area contributed by atoms with Crippen molar-refractivity contribution in [3.05, 3.63) is 60.2 Å². The fraction of sp³-hybridized carbons (Fsp3) is 0.553. The van der Waals surface area contributed by atoms with E-state index in [-0.39, 0.29) is 37.2 Å². The molecule has 0 aliphatic carbocycles. The van der Waals surface area contributed by atoms with Gasteiger partial charge in [0.2, 0.25) is 29.5 Å². The Kier molecular flexibility index (Phi) is 18.9. The summed E-state index contributed by atoms with van der Waals surface area (Å²) in [5, 5.41) is 28.0. The number of nitrogens with two attached hydrogens (primary N) is 3. The molecule has 1 heterocycles. The molecule has 3 aromatic carbocycles. The van der Waals surface area contributed by atoms with Gasteiger partial charge in [0, 0.05) is 19.5 Å². The van der Waals surface area contributed by atoms with Gasteiger partial charge in [0.1, 0.15) is 30.2 Å². The van der Waals surface area contributed by atoms with Crippen LogP contribution in [0.25, 0.3) is 21.5 Å². The van der Waals surface area contributed by atoms with Crippen LogP contribution in [0.3, 0.4) is 0 Å². The molecule has 0 radical (unpaired) electrons. The molecule has 17 heteroatoms. The summed E-state index contributed by atoms with van der Waals surface area (Å²) >= 11 is 0. The van der Waals surface area contributed by atoms with Crippen LogP contribution in [0.4, 0.5) is 0 Å². The summed E-state index contributed by atoms with van der Waals surface area (Å²) in [6.45, 7) is 9.98. The Bertz CT molecular complexity index is 2080. The van der Waals surface area contributed by atoms with Crippen LogP contribution in [-0.2, 0) is 35.2 Å². The molecule has 1 fully saturated rings. The third-order valence-electron chi connectivity index (χ3n) is 11.7. The number of rotatable bonds is 23. The number of unbranched alkanes of at least 4 members (excludes halogenated alkanes) is 1. The monoisotopic (exact) mass is 887 g/mol. The van der Waals surface area contributed by atoms with Gasteiger partial charge in [-0.25, -0.2) is 4.79 Å². The molecule has 64 heavy (non-hydrogen) atoms. The number of carbonyl (C=O) groups is 6. The van der Waals surface area contributed by atoms with Gasteiger partial charge in [-0.15, -0.1) is 0 Å². The number of carboxylic acid groups (broad SMARTS) is 1. The van der Waals surface area contributed by atoms with E-state index in [2.05, 4.69) is 37.6 Å². The SMILES string of the molecule is CN[C@@H](CCCN=C(N)N)C(=O)N[C@@H](CCCCN)C(=O)N1CCC[C@H]1C(=O)N[C@@H](Cc1c2ccccc2cc2ccccc12)C(=O)N[C@H](C(=O)N[C@@H](CC(C)C)C(=O)O)C(C)(C)C. The first-order valence-corrected chi connectivity index (χ1v) is 22.4. The summed E-state index contributed by atoms with van der Waals surface area (Å²) in [6, 6.07) is 11.4. The zero-order chi connectivity index (χ0) is 47.1. The molecule has 350 valence electrons. The van der Waals surface area contributed by atoms with Crippen molar-refractivity contribution >= 4 is 63.0 Å². The number of carboxylic acids is 1. The van der Waals surface area contributed by atoms with Gasteiger partial charge in [0.15, 0.2) is 5.96 Å². The van der Waals surface area contributed by atoms with Crippen molar-refractivity contribution in [2.45, 2.75) is 129 Å². The third kappa shape index (κ3) is 14.1. The number of nitrogens with zero attached hydrogens (tertiary/aromatic N) is 2. The minimum atomic E-state index is -1.24. The molecule has 1 aliphatic rings. The second kappa shape index (κ2) is 23.8. The normalized spacial score (nSPS) is 16.4. The van der Waals surface area contributed by atoms with Crippen molar-refractivity contribution in [1.82, 2.24) is 31.5 Å². The summed E-state index contributed by atoms with van der Waals surface area (Å²) in [5.74, 6) is -3.94. The number of guanidine groups is 1. The lowest BCUT2D eigenvalue weighted by Crippen LogP contribution is -2.61. The fourth-order valence-corrected chi connectivity index (χ4v) is 8.31. The molecule has 0 saturated carbocycles. The maximum atomic E-state index is 14.8. The van der Waals surface area contributed by atoms with Crippen LogP contribution in [0.1, 0.15) is 91.5 Å². The standard InChI is InChI=1S/C47H70N10O7/c1-28(2)25-37(45(63)64)55-43(61)39(47(3,4)5)56-41(59)36(27-33-31-17-9-7-15-29(31)26-30-16-8-10-18-32(30)33)54-42(60)38-21-14-24-57(38)44(62)35(19-11-12-22-48)53-40(58)34(51-6)20-13-23-52-46(49)50/h7-10,15-18,26,28,34-39,51H,11-14,19-25,27,48H2,1-6H3,(H,53,58)(H,54,60)(H,55,61)(H,56,59)(H,63,64)(H4,49,50,52)/t34-,35-,36-,37-,38-,39+/m0/s1. The Hall–Kier alpha value is -5.81. The number of fused-ring (bicyclic) bond motifs is 2. The fourth-order valence-electron chi connectivity index (χ4n) is 8.31. The van der Waals surface area contributed by atoms with Gasteiger partial charge >= 0.3 is 5.97 Å². The highest BCUT2D eigenvalue weighted by Crippen LogP contribution is 2.30. The molecule has 6 atom stereocenters. The second-order valence-corrected chi connectivity index (χ2v) is 18.2. The van der Waals surface area contributed by atoms with Gasteiger partial charge in [-0.3, -0.25) is 29.0 Å². The summed E-state index contributed by atoms with van der Waals surface area (Å²) in [4.78, 5) is 88.9. The van der Waals surface area contributed by atoms with Crippen LogP contribution < -0.4 is 43.8 Å². The number of amides is 5. The van der Waals surface area contributed by atoms with Gasteiger partial charge in [-0.2, -0.15) is 0 Å². The van der Waals surface area contributed by atoms with E-state index in [1.54, 1.807) is 27.8 Å². The molecule has 0 unspecified atom stereocenters. The van der Waals surface area contributed by atoms with Gasteiger partial charge in [0.05, 0.1) is 6.04 Å². The number of likely N-dealkylation sites (tertiary alicyclic amines) is 1. The van der Waals surface area contributed by atoms with Crippen LogP contribution in [0.5, 0.6) is 0 Å². The minimum Gasteiger partial charge on any atom is -0.480 e. The van der Waals surface area contributed by atoms with E-state index in [4.69, 9.17) is 17.2 Å². The zero-order valence-electron chi connectivity index (χ0n) is 38.2. The molecule has 17 nitrogen and oxygen atoms in total. The van der Waals surface area contributed by atoms with Crippen molar-refractivity contribution < 1.29 is 33.9 Å². The molecule has 1 saturated heterocycles. The Morgan fingerprint density at radius 2 is 1.39 bits per heavy atom. The Morgan fingerprint density at radius 1 is 0.797 bits per heavy atom. The van der Waals surface area contributed by atoms with Gasteiger partial charge in [-0.1, -0.05) is 83.1 Å². The predicted molar refractivity (Wildman–Crippen MR) is 250 cm³/mol. The topological polar surface area (TPSA) is 276 Å². The number of aliphatic imine (C=N–C) groups is 1. The Morgan fingerprint density at radius 3 is 1.95 bits per heavy atom. The number of likely N-dealkylation sites (N-methyl/N-ethyl adjacent to an activating group) is 1. The van der Waals surface area contributed by atoms with Crippen LogP contribution in [0.15, 0.2) is 59.6 Å². The first kappa shape index (κ1) is 50.8. The lowest BCUT2D eigenvalue weighted by atomic mass is 9.85. The predicted octanol–water partition coefficient (Wildman–Crippen LogP) is 2.41. The molecule has 5 amide bonds. The molecule has 0 bridgehead atoms. The highest BCUT2D eigenvalue weighted by Gasteiger charge is 2.41. The van der Waals surface area contributed by atoms with E-state index in [0.717, 1.165) is 27.1 Å². The first-order valence-electron chi connectivity index (χ1n) is 22.4. The smallest absolute Gasteiger partial charge is 0.326 e. The Labute approximate surface area is 376 Å². The lowest BCUT2D eigenvalue weighted by molar-refractivity contribution is -0.143. The second-order valence-electron chi connectivity index (χ2n) is 18.2. The maximum Gasteiger partial charge on any atom is 0.326 e. The number of benzene rings is 3. The van der Waals surface area contributed by atoms with Crippen molar-refractivity contribution in [1.29, 1.82) is 0 Å². The summed E-state index contributed by atoms with van der Waals surface area (Å²) < 4.78 is 0. The molecule has 3 aromatic rings. The van der Waals surface area contributed by atoms with E-state index >= 15 is 0 Å². The zero-order valence-corrected chi connectivity index (χ0v) is 38.2. The minimum absolute atomic E-state index is 0.0239. The number of hydrogen-bond donors (Lipinski definition) is 9. The van der Waals surface area contributed by atoms with E-state index in [1.807, 2.05) is 62.4 Å². The average molecular weight is 887 g/mol. The van der Waals surface area contributed by atoms with Crippen molar-refractivity contribution in [3.8, 4) is 0 Å². The van der Waals surface area contributed by atoms with Crippen LogP contribution >= 0.6 is 0 Å². The maximum absolute atomic E-state index is 14.8. The average Bonchev–Trinajstić information content (AvgIpc) is 3.74. The number of aliphatic carboxylic acids is 1. The lowest BCUT2D eigenvalue weighted by Gasteiger charge is -2.34. The molecule has 12 N–H and O–H groups in total. The molecule has 1 aliphatic heterocycles. The summed E-state index contributed by atoms with van der Waals surface area (Å²) in [7, 11) is 1.65. The molecule has 0 aromatic heterocycles. The van der Waals surface area contributed by atoms with E-state index in [9.17, 15) is 33.9 Å². The first-order chi connectivity index (χ1) is 30.4. The van der Waals surface area contributed by atoms with Crippen molar-refractivity contribution in [2.24, 2.45) is 33.5 Å². The molecular weight excluding hydrogens is 817 g/mol. The summed E-state index contributed by atoms with van der Waals surface area (Å²) in [6.07, 6.45) is 3.43. The third-order valence-corrected chi connectivity index (χ3v) is 11.7. The van der Waals surface area contributed by atoms with Gasteiger partial charge < -0.3 is 53.8 Å². The number of nitrogens with one attached hydrogen (secondary N) is 5. The van der Waals surface area contributed by atoms with Crippen molar-refractivity contribution in [2.75, 3.05) is 26.7 Å². The number of carbonyl (C=O) groups excluding carboxylic acids is 5. The van der Waals surface area contributed by atoms with Crippen molar-refractivity contribution in [3.63, 3.8) is 0 Å². The summed E-state index contributed by atoms with van der Waals surface area (Å²) in [5.41, 5.74) is 16.6.